The number of anilines is 1. The van der Waals surface area contributed by atoms with Gasteiger partial charge in [0.25, 0.3) is 17.4 Å². The van der Waals surface area contributed by atoms with Crippen LogP contribution in [0.2, 0.25) is 0 Å². The van der Waals surface area contributed by atoms with Gasteiger partial charge in [-0.05, 0) is 36.8 Å². The van der Waals surface area contributed by atoms with E-state index in [1.54, 1.807) is 54.6 Å². The van der Waals surface area contributed by atoms with Crippen LogP contribution in [0.3, 0.4) is 0 Å². The first-order valence-electron chi connectivity index (χ1n) is 9.56. The number of nitro groups is 1. The van der Waals surface area contributed by atoms with Crippen molar-refractivity contribution in [2.24, 2.45) is 0 Å². The molecule has 0 spiro atoms. The summed E-state index contributed by atoms with van der Waals surface area (Å²) in [4.78, 5) is 37.8. The number of carbonyl (C=O) groups excluding carboxylic acids is 2. The second-order valence-corrected chi connectivity index (χ2v) is 7.22. The quantitative estimate of drug-likeness (QED) is 0.222. The van der Waals surface area contributed by atoms with E-state index in [1.165, 1.54) is 29.2 Å². The molecule has 1 N–H and O–H groups in total. The summed E-state index contributed by atoms with van der Waals surface area (Å²) >= 11 is 0. The van der Waals surface area contributed by atoms with Crippen LogP contribution in [0.5, 0.6) is 0 Å². The van der Waals surface area contributed by atoms with E-state index >= 15 is 0 Å². The molecule has 1 aliphatic heterocycles. The number of aliphatic hydroxyl groups excluding tert-OH is 1. The maximum Gasteiger partial charge on any atom is 0.300 e. The van der Waals surface area contributed by atoms with Gasteiger partial charge in [-0.1, -0.05) is 48.0 Å². The Hall–Kier alpha value is -4.26. The number of nitrogens with zero attached hydrogens (tertiary/aromatic N) is 2. The molecule has 1 unspecified atom stereocenters. The van der Waals surface area contributed by atoms with E-state index in [2.05, 4.69) is 0 Å². The number of nitro benzene ring substituents is 1. The second kappa shape index (κ2) is 7.87. The van der Waals surface area contributed by atoms with Gasteiger partial charge in [0.1, 0.15) is 5.76 Å². The maximum atomic E-state index is 13.0. The van der Waals surface area contributed by atoms with Gasteiger partial charge < -0.3 is 5.11 Å². The normalized spacial score (nSPS) is 17.7. The zero-order chi connectivity index (χ0) is 22.1. The molecule has 1 amide bonds. The van der Waals surface area contributed by atoms with Crippen LogP contribution in [-0.4, -0.2) is 21.7 Å². The summed E-state index contributed by atoms with van der Waals surface area (Å²) in [5.41, 5.74) is 2.17. The van der Waals surface area contributed by atoms with E-state index in [4.69, 9.17) is 0 Å². The molecule has 1 fully saturated rings. The number of carbonyl (C=O) groups is 2. The number of rotatable bonds is 4. The largest absolute Gasteiger partial charge is 0.507 e. The first kappa shape index (κ1) is 20.0. The summed E-state index contributed by atoms with van der Waals surface area (Å²) in [5, 5.41) is 22.1. The summed E-state index contributed by atoms with van der Waals surface area (Å²) in [6, 6.07) is 20.3. The molecule has 0 radical (unpaired) electrons. The first-order valence-corrected chi connectivity index (χ1v) is 9.56. The number of hydrogen-bond acceptors (Lipinski definition) is 5. The number of non-ortho nitro benzene ring substituents is 1. The van der Waals surface area contributed by atoms with Crippen LogP contribution in [0.15, 0.2) is 84.4 Å². The van der Waals surface area contributed by atoms with Crippen molar-refractivity contribution in [2.75, 3.05) is 4.90 Å². The fourth-order valence-electron chi connectivity index (χ4n) is 3.65. The minimum absolute atomic E-state index is 0.0634. The van der Waals surface area contributed by atoms with Gasteiger partial charge in [0.15, 0.2) is 0 Å². The van der Waals surface area contributed by atoms with Crippen molar-refractivity contribution < 1.29 is 19.6 Å². The average molecular weight is 414 g/mol. The van der Waals surface area contributed by atoms with Crippen molar-refractivity contribution in [3.8, 4) is 0 Å². The lowest BCUT2D eigenvalue weighted by atomic mass is 9.94. The number of ketones is 1. The highest BCUT2D eigenvalue weighted by atomic mass is 16.6. The SMILES string of the molecule is Cc1ccc(C(O)=C2C(=O)C(=O)N(c3ccccc3)C2c2ccc([N+](=O)[O-])cc2)cc1. The molecule has 1 saturated heterocycles. The van der Waals surface area contributed by atoms with E-state index < -0.39 is 22.7 Å². The van der Waals surface area contributed by atoms with Gasteiger partial charge in [0.2, 0.25) is 0 Å². The molecular weight excluding hydrogens is 396 g/mol. The maximum absolute atomic E-state index is 13.0. The van der Waals surface area contributed by atoms with Gasteiger partial charge in [0.05, 0.1) is 16.5 Å². The molecule has 3 aromatic carbocycles. The minimum Gasteiger partial charge on any atom is -0.507 e. The van der Waals surface area contributed by atoms with E-state index in [1.807, 2.05) is 6.92 Å². The summed E-state index contributed by atoms with van der Waals surface area (Å²) in [7, 11) is 0. The average Bonchev–Trinajstić information content (AvgIpc) is 3.05. The molecule has 0 aliphatic carbocycles. The number of aliphatic hydroxyl groups is 1. The lowest BCUT2D eigenvalue weighted by Crippen LogP contribution is -2.29. The number of aryl methyl sites for hydroxylation is 1. The molecule has 1 atom stereocenters. The molecule has 1 aliphatic rings. The Labute approximate surface area is 178 Å². The Balaban J connectivity index is 1.92. The zero-order valence-electron chi connectivity index (χ0n) is 16.6. The van der Waals surface area contributed by atoms with Gasteiger partial charge in [-0.3, -0.25) is 24.6 Å². The Morgan fingerprint density at radius 1 is 0.935 bits per heavy atom. The lowest BCUT2D eigenvalue weighted by Gasteiger charge is -2.25. The van der Waals surface area contributed by atoms with E-state index in [0.29, 0.717) is 16.8 Å². The van der Waals surface area contributed by atoms with Crippen molar-refractivity contribution in [3.05, 3.63) is 111 Å². The summed E-state index contributed by atoms with van der Waals surface area (Å²) < 4.78 is 0. The predicted molar refractivity (Wildman–Crippen MR) is 116 cm³/mol. The van der Waals surface area contributed by atoms with Crippen LogP contribution in [0.4, 0.5) is 11.4 Å². The van der Waals surface area contributed by atoms with E-state index in [-0.39, 0.29) is 17.0 Å². The highest BCUT2D eigenvalue weighted by Crippen LogP contribution is 2.42. The third-order valence-electron chi connectivity index (χ3n) is 5.22. The molecule has 4 rings (SSSR count). The van der Waals surface area contributed by atoms with Crippen LogP contribution in [0.25, 0.3) is 5.76 Å². The summed E-state index contributed by atoms with van der Waals surface area (Å²) in [6.45, 7) is 1.90. The van der Waals surface area contributed by atoms with Crippen LogP contribution in [0.1, 0.15) is 22.7 Å². The molecule has 31 heavy (non-hydrogen) atoms. The Kier molecular flexibility index (Phi) is 5.09. The second-order valence-electron chi connectivity index (χ2n) is 7.22. The third-order valence-corrected chi connectivity index (χ3v) is 5.22. The number of hydrogen-bond donors (Lipinski definition) is 1. The first-order chi connectivity index (χ1) is 14.9. The van der Waals surface area contributed by atoms with Crippen molar-refractivity contribution >= 4 is 28.8 Å². The molecule has 3 aromatic rings. The third kappa shape index (κ3) is 3.57. The topological polar surface area (TPSA) is 101 Å². The van der Waals surface area contributed by atoms with Crippen LogP contribution >= 0.6 is 0 Å². The molecule has 0 bridgehead atoms. The highest BCUT2D eigenvalue weighted by Gasteiger charge is 2.47. The fourth-order valence-corrected chi connectivity index (χ4v) is 3.65. The predicted octanol–water partition coefficient (Wildman–Crippen LogP) is 4.53. The number of Topliss-reactive ketones (excluding diaryl/α,β-unsaturated/α-hetero) is 1. The minimum atomic E-state index is -0.926. The molecule has 7 heteroatoms. The number of amides is 1. The Morgan fingerprint density at radius 3 is 2.13 bits per heavy atom. The Bertz CT molecular complexity index is 1200. The van der Waals surface area contributed by atoms with Crippen LogP contribution in [-0.2, 0) is 9.59 Å². The summed E-state index contributed by atoms with van der Waals surface area (Å²) in [6.07, 6.45) is 0. The van der Waals surface area contributed by atoms with E-state index in [0.717, 1.165) is 5.56 Å². The van der Waals surface area contributed by atoms with Crippen molar-refractivity contribution in [3.63, 3.8) is 0 Å². The van der Waals surface area contributed by atoms with E-state index in [9.17, 15) is 24.8 Å². The van der Waals surface area contributed by atoms with Crippen LogP contribution < -0.4 is 4.90 Å². The van der Waals surface area contributed by atoms with Gasteiger partial charge in [-0.15, -0.1) is 0 Å². The fraction of sp³-hybridized carbons (Fsp3) is 0.0833. The molecule has 7 nitrogen and oxygen atoms in total. The smallest absolute Gasteiger partial charge is 0.300 e. The van der Waals surface area contributed by atoms with Gasteiger partial charge in [0, 0.05) is 23.4 Å². The van der Waals surface area contributed by atoms with Crippen molar-refractivity contribution in [2.45, 2.75) is 13.0 Å². The standard InChI is InChI=1S/C24H18N2O5/c1-15-7-9-17(10-8-15)22(27)20-21(16-11-13-19(14-12-16)26(30)31)25(24(29)23(20)28)18-5-3-2-4-6-18/h2-14,21,27H,1H3. The molecule has 1 heterocycles. The van der Waals surface area contributed by atoms with Crippen LogP contribution in [0, 0.1) is 17.0 Å². The number of benzene rings is 3. The zero-order valence-corrected chi connectivity index (χ0v) is 16.6. The summed E-state index contributed by atoms with van der Waals surface area (Å²) in [5.74, 6) is -1.88. The van der Waals surface area contributed by atoms with Gasteiger partial charge >= 0.3 is 0 Å². The molecule has 154 valence electrons. The highest BCUT2D eigenvalue weighted by molar-refractivity contribution is 6.51. The lowest BCUT2D eigenvalue weighted by molar-refractivity contribution is -0.384. The Morgan fingerprint density at radius 2 is 1.55 bits per heavy atom. The molecule has 0 saturated carbocycles. The van der Waals surface area contributed by atoms with Crippen molar-refractivity contribution in [1.29, 1.82) is 0 Å². The molecule has 0 aromatic heterocycles. The molecular formula is C24H18N2O5. The van der Waals surface area contributed by atoms with Gasteiger partial charge in [-0.2, -0.15) is 0 Å². The van der Waals surface area contributed by atoms with Gasteiger partial charge in [-0.25, -0.2) is 0 Å². The van der Waals surface area contributed by atoms with Crippen molar-refractivity contribution in [1.82, 2.24) is 0 Å². The number of para-hydroxylation sites is 1. The monoisotopic (exact) mass is 414 g/mol.